The van der Waals surface area contributed by atoms with Crippen LogP contribution in [-0.4, -0.2) is 36.5 Å². The van der Waals surface area contributed by atoms with E-state index in [0.717, 1.165) is 24.0 Å². The van der Waals surface area contributed by atoms with E-state index in [1.807, 2.05) is 11.0 Å². The molecule has 1 atom stereocenters. The minimum Gasteiger partial charge on any atom is -0.443 e. The van der Waals surface area contributed by atoms with Gasteiger partial charge < -0.3 is 14.6 Å². The molecule has 2 rings (SSSR count). The summed E-state index contributed by atoms with van der Waals surface area (Å²) in [6.07, 6.45) is 2.62. The van der Waals surface area contributed by atoms with Crippen molar-refractivity contribution in [2.24, 2.45) is 0 Å². The van der Waals surface area contributed by atoms with E-state index in [2.05, 4.69) is 43.8 Å². The maximum absolute atomic E-state index is 12.4. The Morgan fingerprint density at radius 2 is 2.44 bits per heavy atom. The lowest BCUT2D eigenvalue weighted by Crippen LogP contribution is -2.53. The number of carbonyl (C=O) groups excluding carboxylic acids is 1. The second-order valence-electron chi connectivity index (χ2n) is 4.11. The van der Waals surface area contributed by atoms with Crippen molar-refractivity contribution in [3.63, 3.8) is 0 Å². The third kappa shape index (κ3) is 2.87. The fraction of sp³-hybridized carbons (Fsp3) is 0.417. The highest BCUT2D eigenvalue weighted by atomic mass is 79.9. The molecule has 4 nitrogen and oxygen atoms in total. The van der Waals surface area contributed by atoms with Crippen LogP contribution in [0, 0.1) is 0 Å². The number of hydrogen-bond acceptors (Lipinski definition) is 3. The zero-order valence-corrected chi connectivity index (χ0v) is 13.0. The van der Waals surface area contributed by atoms with E-state index in [0.29, 0.717) is 17.0 Å². The van der Waals surface area contributed by atoms with Crippen LogP contribution >= 0.6 is 31.9 Å². The average Bonchev–Trinajstić information content (AvgIpc) is 2.70. The van der Waals surface area contributed by atoms with Crippen molar-refractivity contribution in [1.29, 1.82) is 0 Å². The highest BCUT2D eigenvalue weighted by molar-refractivity contribution is 9.13. The lowest BCUT2D eigenvalue weighted by atomic mass is 10.1. The van der Waals surface area contributed by atoms with Crippen LogP contribution in [0.2, 0.25) is 0 Å². The molecule has 0 aliphatic carbocycles. The van der Waals surface area contributed by atoms with Crippen LogP contribution in [0.1, 0.15) is 17.0 Å². The van der Waals surface area contributed by atoms with E-state index in [1.54, 1.807) is 6.07 Å². The summed E-state index contributed by atoms with van der Waals surface area (Å²) in [5, 5.41) is 3.28. The third-order valence-electron chi connectivity index (χ3n) is 2.91. The maximum Gasteiger partial charge on any atom is 0.290 e. The smallest absolute Gasteiger partial charge is 0.290 e. The first-order valence-electron chi connectivity index (χ1n) is 5.71. The van der Waals surface area contributed by atoms with Gasteiger partial charge in [-0.25, -0.2) is 0 Å². The summed E-state index contributed by atoms with van der Waals surface area (Å²) in [4.78, 5) is 14.2. The van der Waals surface area contributed by atoms with Crippen molar-refractivity contribution in [3.05, 3.63) is 33.6 Å². The minimum atomic E-state index is -0.0743. The van der Waals surface area contributed by atoms with Crippen LogP contribution in [0.25, 0.3) is 0 Å². The number of amides is 1. The Kier molecular flexibility index (Phi) is 4.64. The first-order valence-corrected chi connectivity index (χ1v) is 7.29. The van der Waals surface area contributed by atoms with Crippen molar-refractivity contribution < 1.29 is 9.21 Å². The summed E-state index contributed by atoms with van der Waals surface area (Å²) in [6, 6.07) is 1.84. The zero-order chi connectivity index (χ0) is 13.1. The SMILES string of the molecule is C=CCC1CNCCN1C(=O)c1cc(Br)c(Br)o1. The van der Waals surface area contributed by atoms with Crippen molar-refractivity contribution >= 4 is 37.8 Å². The molecule has 0 bridgehead atoms. The number of rotatable bonds is 3. The minimum absolute atomic E-state index is 0.0743. The number of nitrogens with one attached hydrogen (secondary N) is 1. The van der Waals surface area contributed by atoms with Gasteiger partial charge in [-0.3, -0.25) is 4.79 Å². The van der Waals surface area contributed by atoms with Gasteiger partial charge in [0, 0.05) is 31.7 Å². The van der Waals surface area contributed by atoms with Gasteiger partial charge in [-0.1, -0.05) is 6.08 Å². The monoisotopic (exact) mass is 376 g/mol. The molecule has 1 N–H and O–H groups in total. The molecule has 0 spiro atoms. The quantitative estimate of drug-likeness (QED) is 0.824. The van der Waals surface area contributed by atoms with E-state index in [4.69, 9.17) is 4.42 Å². The van der Waals surface area contributed by atoms with Crippen LogP contribution in [-0.2, 0) is 0 Å². The second-order valence-corrected chi connectivity index (χ2v) is 5.69. The first kappa shape index (κ1) is 13.8. The molecule has 1 aromatic rings. The molecule has 1 aliphatic heterocycles. The highest BCUT2D eigenvalue weighted by Gasteiger charge is 2.28. The fourth-order valence-corrected chi connectivity index (χ4v) is 2.60. The molecule has 0 radical (unpaired) electrons. The lowest BCUT2D eigenvalue weighted by Gasteiger charge is -2.35. The molecular formula is C12H14Br2N2O2. The van der Waals surface area contributed by atoms with E-state index in [9.17, 15) is 4.79 Å². The Bertz CT molecular complexity index is 439. The summed E-state index contributed by atoms with van der Waals surface area (Å²) in [5.41, 5.74) is 0. The Balaban J connectivity index is 2.17. The van der Waals surface area contributed by atoms with Crippen molar-refractivity contribution in [3.8, 4) is 0 Å². The summed E-state index contributed by atoms with van der Waals surface area (Å²) >= 11 is 6.56. The van der Waals surface area contributed by atoms with E-state index in [1.165, 1.54) is 0 Å². The number of piperazine rings is 1. The molecule has 0 aromatic carbocycles. The van der Waals surface area contributed by atoms with Gasteiger partial charge in [0.1, 0.15) is 0 Å². The number of hydrogen-bond donors (Lipinski definition) is 1. The largest absolute Gasteiger partial charge is 0.443 e. The molecule has 2 heterocycles. The lowest BCUT2D eigenvalue weighted by molar-refractivity contribution is 0.0605. The summed E-state index contributed by atoms with van der Waals surface area (Å²) in [5.74, 6) is 0.277. The summed E-state index contributed by atoms with van der Waals surface area (Å²) in [7, 11) is 0. The number of furan rings is 1. The second kappa shape index (κ2) is 6.04. The summed E-state index contributed by atoms with van der Waals surface area (Å²) in [6.45, 7) is 6.02. The first-order chi connectivity index (χ1) is 8.63. The van der Waals surface area contributed by atoms with Crippen LogP contribution in [0.4, 0.5) is 0 Å². The van der Waals surface area contributed by atoms with Gasteiger partial charge in [-0.15, -0.1) is 6.58 Å². The van der Waals surface area contributed by atoms with Gasteiger partial charge in [0.05, 0.1) is 4.47 Å². The van der Waals surface area contributed by atoms with Crippen molar-refractivity contribution in [2.75, 3.05) is 19.6 Å². The molecule has 0 saturated carbocycles. The highest BCUT2D eigenvalue weighted by Crippen LogP contribution is 2.28. The predicted molar refractivity (Wildman–Crippen MR) is 76.6 cm³/mol. The van der Waals surface area contributed by atoms with Crippen molar-refractivity contribution in [2.45, 2.75) is 12.5 Å². The number of halogens is 2. The molecule has 6 heteroatoms. The van der Waals surface area contributed by atoms with Crippen LogP contribution < -0.4 is 5.32 Å². The molecule has 98 valence electrons. The Morgan fingerprint density at radius 1 is 1.67 bits per heavy atom. The molecule has 1 aromatic heterocycles. The van der Waals surface area contributed by atoms with E-state index in [-0.39, 0.29) is 11.9 Å². The Labute approximate surface area is 123 Å². The molecule has 1 unspecified atom stereocenters. The van der Waals surface area contributed by atoms with Crippen LogP contribution in [0.5, 0.6) is 0 Å². The van der Waals surface area contributed by atoms with E-state index < -0.39 is 0 Å². The molecular weight excluding hydrogens is 364 g/mol. The van der Waals surface area contributed by atoms with Gasteiger partial charge >= 0.3 is 0 Å². The molecule has 1 amide bonds. The Hall–Kier alpha value is -0.590. The fourth-order valence-electron chi connectivity index (χ4n) is 2.02. The predicted octanol–water partition coefficient (Wildman–Crippen LogP) is 2.79. The molecule has 1 saturated heterocycles. The van der Waals surface area contributed by atoms with E-state index >= 15 is 0 Å². The molecule has 18 heavy (non-hydrogen) atoms. The zero-order valence-electron chi connectivity index (χ0n) is 9.79. The van der Waals surface area contributed by atoms with Crippen LogP contribution in [0.15, 0.2) is 32.3 Å². The third-order valence-corrected chi connectivity index (χ3v) is 4.62. The van der Waals surface area contributed by atoms with Gasteiger partial charge in [0.25, 0.3) is 5.91 Å². The van der Waals surface area contributed by atoms with Gasteiger partial charge in [0.15, 0.2) is 10.4 Å². The average molecular weight is 378 g/mol. The van der Waals surface area contributed by atoms with Gasteiger partial charge in [0.2, 0.25) is 0 Å². The molecule has 1 aliphatic rings. The van der Waals surface area contributed by atoms with Crippen molar-refractivity contribution in [1.82, 2.24) is 10.2 Å². The Morgan fingerprint density at radius 3 is 3.06 bits per heavy atom. The maximum atomic E-state index is 12.4. The van der Waals surface area contributed by atoms with Crippen LogP contribution in [0.3, 0.4) is 0 Å². The molecule has 1 fully saturated rings. The normalized spacial score (nSPS) is 19.9. The topological polar surface area (TPSA) is 45.5 Å². The van der Waals surface area contributed by atoms with Gasteiger partial charge in [-0.05, 0) is 38.3 Å². The summed E-state index contributed by atoms with van der Waals surface area (Å²) < 4.78 is 6.68. The standard InChI is InChI=1S/C12H14Br2N2O2/c1-2-3-8-7-15-4-5-16(8)12(17)10-6-9(13)11(14)18-10/h2,6,8,15H,1,3-5,7H2. The van der Waals surface area contributed by atoms with Gasteiger partial charge in [-0.2, -0.15) is 0 Å². The number of carbonyl (C=O) groups is 1. The number of nitrogens with zero attached hydrogens (tertiary/aromatic N) is 1.